The highest BCUT2D eigenvalue weighted by atomic mass is 16.5. The number of nitrogens with one attached hydrogen (secondary N) is 1. The van der Waals surface area contributed by atoms with Gasteiger partial charge in [-0.2, -0.15) is 4.98 Å². The van der Waals surface area contributed by atoms with Crippen molar-refractivity contribution in [3.63, 3.8) is 0 Å². The van der Waals surface area contributed by atoms with Gasteiger partial charge < -0.3 is 19.3 Å². The minimum atomic E-state index is 0.0789. The number of aromatic nitrogens is 2. The molecule has 0 aromatic carbocycles. The first kappa shape index (κ1) is 14.4. The van der Waals surface area contributed by atoms with Gasteiger partial charge >= 0.3 is 0 Å². The summed E-state index contributed by atoms with van der Waals surface area (Å²) in [6.07, 6.45) is 2.03. The third-order valence-corrected chi connectivity index (χ3v) is 3.43. The summed E-state index contributed by atoms with van der Waals surface area (Å²) < 4.78 is 16.0. The van der Waals surface area contributed by atoms with Crippen molar-refractivity contribution in [3.8, 4) is 0 Å². The Labute approximate surface area is 113 Å². The van der Waals surface area contributed by atoms with Crippen LogP contribution in [0.1, 0.15) is 37.5 Å². The summed E-state index contributed by atoms with van der Waals surface area (Å²) in [6.45, 7) is 6.20. The highest BCUT2D eigenvalue weighted by molar-refractivity contribution is 4.96. The number of ether oxygens (including phenoxy) is 2. The molecule has 1 aromatic rings. The van der Waals surface area contributed by atoms with Gasteiger partial charge in [0.1, 0.15) is 0 Å². The molecule has 19 heavy (non-hydrogen) atoms. The number of aryl methyl sites for hydroxylation is 1. The Balaban J connectivity index is 2.07. The fourth-order valence-corrected chi connectivity index (χ4v) is 2.50. The molecule has 0 bridgehead atoms. The van der Waals surface area contributed by atoms with E-state index in [-0.39, 0.29) is 12.1 Å². The van der Waals surface area contributed by atoms with Crippen LogP contribution < -0.4 is 5.32 Å². The van der Waals surface area contributed by atoms with Gasteiger partial charge in [0.25, 0.3) is 0 Å². The highest BCUT2D eigenvalue weighted by Gasteiger charge is 2.30. The zero-order valence-electron chi connectivity index (χ0n) is 11.9. The maximum absolute atomic E-state index is 5.42. The first-order valence-electron chi connectivity index (χ1n) is 6.83. The SMILES string of the molecule is COC[C@@H](C)N[C@H](c1nc(C)no1)C1CCOCC1. The summed E-state index contributed by atoms with van der Waals surface area (Å²) in [5.74, 6) is 1.81. The Morgan fingerprint density at radius 1 is 1.42 bits per heavy atom. The molecule has 1 fully saturated rings. The number of methoxy groups -OCH3 is 1. The first-order chi connectivity index (χ1) is 9.20. The molecule has 6 heteroatoms. The van der Waals surface area contributed by atoms with Crippen molar-refractivity contribution in [2.24, 2.45) is 5.92 Å². The molecule has 1 saturated heterocycles. The summed E-state index contributed by atoms with van der Waals surface area (Å²) in [5, 5.41) is 7.44. The lowest BCUT2D eigenvalue weighted by molar-refractivity contribution is 0.0443. The Hall–Kier alpha value is -0.980. The molecule has 1 N–H and O–H groups in total. The lowest BCUT2D eigenvalue weighted by Crippen LogP contribution is -2.39. The van der Waals surface area contributed by atoms with Crippen molar-refractivity contribution in [2.45, 2.75) is 38.8 Å². The van der Waals surface area contributed by atoms with Gasteiger partial charge in [-0.1, -0.05) is 5.16 Å². The molecule has 2 rings (SSSR count). The van der Waals surface area contributed by atoms with E-state index in [1.54, 1.807) is 7.11 Å². The molecule has 0 unspecified atom stereocenters. The molecular formula is C13H23N3O3. The molecule has 6 nitrogen and oxygen atoms in total. The van der Waals surface area contributed by atoms with E-state index in [2.05, 4.69) is 22.4 Å². The molecular weight excluding hydrogens is 246 g/mol. The maximum atomic E-state index is 5.42. The van der Waals surface area contributed by atoms with Crippen LogP contribution in [0.5, 0.6) is 0 Å². The minimum Gasteiger partial charge on any atom is -0.383 e. The summed E-state index contributed by atoms with van der Waals surface area (Å²) in [7, 11) is 1.71. The van der Waals surface area contributed by atoms with E-state index in [0.29, 0.717) is 24.2 Å². The van der Waals surface area contributed by atoms with Crippen LogP contribution in [-0.4, -0.2) is 43.1 Å². The number of hydrogen-bond acceptors (Lipinski definition) is 6. The summed E-state index contributed by atoms with van der Waals surface area (Å²) in [5.41, 5.74) is 0. The predicted octanol–water partition coefficient (Wildman–Crippen LogP) is 1.47. The van der Waals surface area contributed by atoms with Crippen molar-refractivity contribution in [1.29, 1.82) is 0 Å². The van der Waals surface area contributed by atoms with Crippen LogP contribution in [0, 0.1) is 12.8 Å². The molecule has 108 valence electrons. The Bertz CT molecular complexity index is 377. The fourth-order valence-electron chi connectivity index (χ4n) is 2.50. The Morgan fingerprint density at radius 3 is 2.74 bits per heavy atom. The topological polar surface area (TPSA) is 69.4 Å². The number of nitrogens with zero attached hydrogens (tertiary/aromatic N) is 2. The maximum Gasteiger partial charge on any atom is 0.244 e. The second-order valence-electron chi connectivity index (χ2n) is 5.13. The van der Waals surface area contributed by atoms with Gasteiger partial charge in [-0.3, -0.25) is 0 Å². The van der Waals surface area contributed by atoms with E-state index < -0.39 is 0 Å². The number of hydrogen-bond donors (Lipinski definition) is 1. The van der Waals surface area contributed by atoms with E-state index in [0.717, 1.165) is 26.1 Å². The van der Waals surface area contributed by atoms with Crippen molar-refractivity contribution < 1.29 is 14.0 Å². The van der Waals surface area contributed by atoms with Gasteiger partial charge in [-0.25, -0.2) is 0 Å². The predicted molar refractivity (Wildman–Crippen MR) is 69.8 cm³/mol. The molecule has 2 atom stereocenters. The molecule has 1 aliphatic heterocycles. The van der Waals surface area contributed by atoms with E-state index in [9.17, 15) is 0 Å². The van der Waals surface area contributed by atoms with Gasteiger partial charge in [0.15, 0.2) is 5.82 Å². The van der Waals surface area contributed by atoms with Crippen molar-refractivity contribution in [1.82, 2.24) is 15.5 Å². The monoisotopic (exact) mass is 269 g/mol. The summed E-state index contributed by atoms with van der Waals surface area (Å²) >= 11 is 0. The van der Waals surface area contributed by atoms with Gasteiger partial charge in [0, 0.05) is 26.4 Å². The lowest BCUT2D eigenvalue weighted by Gasteiger charge is -2.30. The highest BCUT2D eigenvalue weighted by Crippen LogP contribution is 2.29. The van der Waals surface area contributed by atoms with Crippen LogP contribution in [0.3, 0.4) is 0 Å². The van der Waals surface area contributed by atoms with Crippen LogP contribution in [0.25, 0.3) is 0 Å². The second-order valence-corrected chi connectivity index (χ2v) is 5.13. The average Bonchev–Trinajstić information content (AvgIpc) is 2.84. The van der Waals surface area contributed by atoms with Gasteiger partial charge in [-0.15, -0.1) is 0 Å². The van der Waals surface area contributed by atoms with Gasteiger partial charge in [-0.05, 0) is 32.6 Å². The molecule has 0 spiro atoms. The van der Waals surface area contributed by atoms with E-state index in [1.807, 2.05) is 6.92 Å². The molecule has 0 saturated carbocycles. The lowest BCUT2D eigenvalue weighted by atomic mass is 9.91. The van der Waals surface area contributed by atoms with Crippen molar-refractivity contribution >= 4 is 0 Å². The molecule has 0 amide bonds. The second kappa shape index (κ2) is 6.98. The standard InChI is InChI=1S/C13H23N3O3/c1-9(8-17-3)14-12(11-4-6-18-7-5-11)13-15-10(2)16-19-13/h9,11-12,14H,4-8H2,1-3H3/t9-,12+/m1/s1. The van der Waals surface area contributed by atoms with E-state index in [1.165, 1.54) is 0 Å². The average molecular weight is 269 g/mol. The van der Waals surface area contributed by atoms with Gasteiger partial charge in [0.2, 0.25) is 5.89 Å². The van der Waals surface area contributed by atoms with Crippen LogP contribution in [0.15, 0.2) is 4.52 Å². The van der Waals surface area contributed by atoms with E-state index in [4.69, 9.17) is 14.0 Å². The molecule has 2 heterocycles. The largest absolute Gasteiger partial charge is 0.383 e. The van der Waals surface area contributed by atoms with Crippen molar-refractivity contribution in [3.05, 3.63) is 11.7 Å². The zero-order chi connectivity index (χ0) is 13.7. The smallest absolute Gasteiger partial charge is 0.244 e. The van der Waals surface area contributed by atoms with Crippen LogP contribution in [0.2, 0.25) is 0 Å². The summed E-state index contributed by atoms with van der Waals surface area (Å²) in [4.78, 5) is 4.38. The normalized spacial score (nSPS) is 20.4. The minimum absolute atomic E-state index is 0.0789. The quantitative estimate of drug-likeness (QED) is 0.843. The summed E-state index contributed by atoms with van der Waals surface area (Å²) in [6, 6.07) is 0.320. The molecule has 0 aliphatic carbocycles. The Kier molecular flexibility index (Phi) is 5.30. The van der Waals surface area contributed by atoms with Crippen molar-refractivity contribution in [2.75, 3.05) is 26.9 Å². The van der Waals surface area contributed by atoms with Gasteiger partial charge in [0.05, 0.1) is 12.6 Å². The third-order valence-electron chi connectivity index (χ3n) is 3.43. The van der Waals surface area contributed by atoms with Crippen LogP contribution >= 0.6 is 0 Å². The Morgan fingerprint density at radius 2 is 2.16 bits per heavy atom. The van der Waals surface area contributed by atoms with Crippen LogP contribution in [-0.2, 0) is 9.47 Å². The zero-order valence-corrected chi connectivity index (χ0v) is 11.9. The number of rotatable bonds is 6. The van der Waals surface area contributed by atoms with Crippen LogP contribution in [0.4, 0.5) is 0 Å². The third kappa shape index (κ3) is 3.99. The fraction of sp³-hybridized carbons (Fsp3) is 0.846. The molecule has 1 aromatic heterocycles. The van der Waals surface area contributed by atoms with E-state index >= 15 is 0 Å². The first-order valence-corrected chi connectivity index (χ1v) is 6.83. The molecule has 0 radical (unpaired) electrons. The molecule has 1 aliphatic rings.